The van der Waals surface area contributed by atoms with Gasteiger partial charge < -0.3 is 19.7 Å². The van der Waals surface area contributed by atoms with Crippen molar-refractivity contribution >= 4 is 5.97 Å². The third-order valence-corrected chi connectivity index (χ3v) is 5.51. The molecule has 0 amide bonds. The lowest BCUT2D eigenvalue weighted by molar-refractivity contribution is -0.170. The Hall–Kier alpha value is -2.37. The minimum atomic E-state index is -1.55. The van der Waals surface area contributed by atoms with Crippen LogP contribution in [-0.2, 0) is 20.7 Å². The molecule has 3 unspecified atom stereocenters. The number of benzene rings is 2. The zero-order valence-corrected chi connectivity index (χ0v) is 15.0. The van der Waals surface area contributed by atoms with Crippen LogP contribution in [0.3, 0.4) is 0 Å². The van der Waals surface area contributed by atoms with E-state index in [2.05, 4.69) is 0 Å². The van der Waals surface area contributed by atoms with Crippen LogP contribution in [0.4, 0.5) is 0 Å². The predicted molar refractivity (Wildman–Crippen MR) is 94.8 cm³/mol. The molecule has 2 aromatic rings. The molecule has 0 heterocycles. The monoisotopic (exact) mass is 354 g/mol. The number of carbonyl (C=O) groups excluding carboxylic acids is 1. The van der Waals surface area contributed by atoms with Gasteiger partial charge in [-0.1, -0.05) is 30.3 Å². The summed E-state index contributed by atoms with van der Waals surface area (Å²) in [6, 6.07) is 12.4. The number of carbonyl (C=O) groups is 1. The van der Waals surface area contributed by atoms with Crippen LogP contribution in [0.5, 0.6) is 5.75 Å². The number of methoxy groups -OCH3 is 1. The van der Waals surface area contributed by atoms with Gasteiger partial charge in [-0.15, -0.1) is 0 Å². The van der Waals surface area contributed by atoms with Crippen LogP contribution in [0, 0.1) is 5.92 Å². The summed E-state index contributed by atoms with van der Waals surface area (Å²) >= 11 is 0. The van der Waals surface area contributed by atoms with Crippen molar-refractivity contribution in [2.75, 3.05) is 7.11 Å². The highest BCUT2D eigenvalue weighted by molar-refractivity contribution is 5.79. The van der Waals surface area contributed by atoms with Crippen molar-refractivity contribution in [3.63, 3.8) is 0 Å². The standard InChI is InChI=1S/C21H22O5/c1-12(2)26-19(22)18-11-20(23)14-6-4-5-7-15(14)21(18,24)16-9-8-13(25-3)10-17(16)20/h4-10,12,18,23-24H,11H2,1-3H3. The highest BCUT2D eigenvalue weighted by Gasteiger charge is 2.62. The lowest BCUT2D eigenvalue weighted by Crippen LogP contribution is -2.57. The van der Waals surface area contributed by atoms with Gasteiger partial charge in [0.25, 0.3) is 0 Å². The van der Waals surface area contributed by atoms with Crippen LogP contribution in [0.2, 0.25) is 0 Å². The van der Waals surface area contributed by atoms with E-state index in [4.69, 9.17) is 9.47 Å². The van der Waals surface area contributed by atoms with Crippen molar-refractivity contribution in [2.24, 2.45) is 5.92 Å². The zero-order chi connectivity index (χ0) is 18.7. The fourth-order valence-corrected chi connectivity index (χ4v) is 4.40. The Kier molecular flexibility index (Phi) is 3.65. The average Bonchev–Trinajstić information content (AvgIpc) is 2.63. The minimum absolute atomic E-state index is 0.0617. The maximum Gasteiger partial charge on any atom is 0.312 e. The average molecular weight is 354 g/mol. The molecule has 5 rings (SSSR count). The summed E-state index contributed by atoms with van der Waals surface area (Å²) in [7, 11) is 1.55. The summed E-state index contributed by atoms with van der Waals surface area (Å²) in [5.74, 6) is -0.797. The van der Waals surface area contributed by atoms with Gasteiger partial charge >= 0.3 is 5.97 Å². The molecule has 0 saturated heterocycles. The van der Waals surface area contributed by atoms with Crippen molar-refractivity contribution in [2.45, 2.75) is 37.6 Å². The molecule has 5 heteroatoms. The lowest BCUT2D eigenvalue weighted by Gasteiger charge is -2.53. The Morgan fingerprint density at radius 2 is 1.73 bits per heavy atom. The maximum absolute atomic E-state index is 12.8. The normalized spacial score (nSPS) is 28.5. The summed E-state index contributed by atoms with van der Waals surface area (Å²) in [6.45, 7) is 3.54. The second kappa shape index (κ2) is 5.56. The number of rotatable bonds is 3. The summed E-state index contributed by atoms with van der Waals surface area (Å²) in [6.07, 6.45) is -0.238. The Morgan fingerprint density at radius 3 is 2.38 bits per heavy atom. The Balaban J connectivity index is 1.98. The number of hydrogen-bond donors (Lipinski definition) is 2. The van der Waals surface area contributed by atoms with E-state index >= 15 is 0 Å². The summed E-state index contributed by atoms with van der Waals surface area (Å²) in [5, 5.41) is 23.4. The molecule has 2 N–H and O–H groups in total. The molecule has 26 heavy (non-hydrogen) atoms. The quantitative estimate of drug-likeness (QED) is 0.828. The topological polar surface area (TPSA) is 76.0 Å². The number of ether oxygens (including phenoxy) is 2. The smallest absolute Gasteiger partial charge is 0.312 e. The number of hydrogen-bond acceptors (Lipinski definition) is 5. The first kappa shape index (κ1) is 17.1. The van der Waals surface area contributed by atoms with E-state index in [1.54, 1.807) is 57.4 Å². The Labute approximate surface area is 152 Å². The van der Waals surface area contributed by atoms with E-state index in [0.29, 0.717) is 28.0 Å². The highest BCUT2D eigenvalue weighted by Crippen LogP contribution is 2.60. The SMILES string of the molecule is COc1ccc2c(c1)C1(O)CC(C(=O)OC(C)C)C2(O)c2ccccc21. The largest absolute Gasteiger partial charge is 0.497 e. The van der Waals surface area contributed by atoms with Gasteiger partial charge in [-0.05, 0) is 48.2 Å². The molecule has 3 aliphatic rings. The fraction of sp³-hybridized carbons (Fsp3) is 0.381. The summed E-state index contributed by atoms with van der Waals surface area (Å²) in [4.78, 5) is 12.8. The molecular weight excluding hydrogens is 332 g/mol. The van der Waals surface area contributed by atoms with Crippen molar-refractivity contribution in [3.05, 3.63) is 64.7 Å². The molecule has 2 aromatic carbocycles. The summed E-state index contributed by atoms with van der Waals surface area (Å²) < 4.78 is 10.7. The second-order valence-electron chi connectivity index (χ2n) is 7.33. The third kappa shape index (κ3) is 2.07. The molecule has 136 valence electrons. The first-order valence-corrected chi connectivity index (χ1v) is 8.76. The van der Waals surface area contributed by atoms with E-state index in [0.717, 1.165) is 0 Å². The van der Waals surface area contributed by atoms with Gasteiger partial charge in [0.2, 0.25) is 0 Å². The molecule has 5 nitrogen and oxygen atoms in total. The molecule has 0 spiro atoms. The van der Waals surface area contributed by atoms with Crippen molar-refractivity contribution in [1.29, 1.82) is 0 Å². The van der Waals surface area contributed by atoms with Crippen LogP contribution >= 0.6 is 0 Å². The molecule has 0 saturated carbocycles. The van der Waals surface area contributed by atoms with Gasteiger partial charge in [-0.3, -0.25) is 4.79 Å². The highest BCUT2D eigenvalue weighted by atomic mass is 16.5. The first-order valence-electron chi connectivity index (χ1n) is 8.76. The second-order valence-corrected chi connectivity index (χ2v) is 7.33. The number of fused-ring (bicyclic) bond motifs is 1. The van der Waals surface area contributed by atoms with E-state index in [1.807, 2.05) is 6.07 Å². The van der Waals surface area contributed by atoms with Crippen molar-refractivity contribution < 1.29 is 24.5 Å². The van der Waals surface area contributed by atoms with Gasteiger partial charge in [0.05, 0.1) is 19.1 Å². The van der Waals surface area contributed by atoms with Crippen molar-refractivity contribution in [3.8, 4) is 5.75 Å². The van der Waals surface area contributed by atoms with Crippen LogP contribution in [0.15, 0.2) is 42.5 Å². The molecule has 0 radical (unpaired) electrons. The molecule has 0 fully saturated rings. The van der Waals surface area contributed by atoms with Crippen LogP contribution < -0.4 is 4.74 Å². The van der Waals surface area contributed by atoms with Gasteiger partial charge in [-0.25, -0.2) is 0 Å². The lowest BCUT2D eigenvalue weighted by atomic mass is 9.54. The Morgan fingerprint density at radius 1 is 1.08 bits per heavy atom. The van der Waals surface area contributed by atoms with Crippen LogP contribution in [0.25, 0.3) is 0 Å². The number of aliphatic hydroxyl groups is 2. The third-order valence-electron chi connectivity index (χ3n) is 5.51. The van der Waals surface area contributed by atoms with Crippen LogP contribution in [0.1, 0.15) is 42.5 Å². The van der Waals surface area contributed by atoms with Crippen molar-refractivity contribution in [1.82, 2.24) is 0 Å². The Bertz CT molecular complexity index is 890. The molecule has 3 atom stereocenters. The fourth-order valence-electron chi connectivity index (χ4n) is 4.40. The molecular formula is C21H22O5. The first-order chi connectivity index (χ1) is 12.3. The van der Waals surface area contributed by atoms with Gasteiger partial charge in [-0.2, -0.15) is 0 Å². The van der Waals surface area contributed by atoms with E-state index in [1.165, 1.54) is 0 Å². The van der Waals surface area contributed by atoms with Gasteiger partial charge in [0.15, 0.2) is 0 Å². The number of esters is 1. The summed E-state index contributed by atoms with van der Waals surface area (Å²) in [5.41, 5.74) is -0.655. The van der Waals surface area contributed by atoms with Gasteiger partial charge in [0.1, 0.15) is 17.0 Å². The minimum Gasteiger partial charge on any atom is -0.497 e. The van der Waals surface area contributed by atoms with Gasteiger partial charge in [0, 0.05) is 6.42 Å². The maximum atomic E-state index is 12.8. The van der Waals surface area contributed by atoms with E-state index in [9.17, 15) is 15.0 Å². The predicted octanol–water partition coefficient (Wildman–Crippen LogP) is 2.45. The zero-order valence-electron chi connectivity index (χ0n) is 15.0. The molecule has 3 aliphatic carbocycles. The molecule has 0 aliphatic heterocycles. The van der Waals surface area contributed by atoms with E-state index < -0.39 is 23.1 Å². The van der Waals surface area contributed by atoms with Crippen LogP contribution in [-0.4, -0.2) is 29.4 Å². The molecule has 2 bridgehead atoms. The molecule has 0 aromatic heterocycles. The van der Waals surface area contributed by atoms with E-state index in [-0.39, 0.29) is 12.5 Å².